The molecule has 0 aliphatic heterocycles. The fraction of sp³-hybridized carbons (Fsp3) is 0.778. The van der Waals surface area contributed by atoms with E-state index in [4.69, 9.17) is 39.5 Å². The smallest absolute Gasteiger partial charge is 0.314 e. The lowest BCUT2D eigenvalue weighted by Crippen LogP contribution is -2.41. The molecule has 3 atom stereocenters. The Morgan fingerprint density at radius 2 is 2.12 bits per heavy atom. The largest absolute Gasteiger partial charge is 0.465 e. The summed E-state index contributed by atoms with van der Waals surface area (Å²) < 4.78 is 2.94. The Hall–Kier alpha value is -0.190. The van der Waals surface area contributed by atoms with E-state index in [-0.39, 0.29) is 17.9 Å². The Morgan fingerprint density at radius 1 is 1.50 bits per heavy atom. The Bertz CT molecular complexity index is 354. The van der Waals surface area contributed by atoms with Gasteiger partial charge in [0.2, 0.25) is 0 Å². The summed E-state index contributed by atoms with van der Waals surface area (Å²) in [5, 5.41) is 2.54. The molecule has 0 saturated heterocycles. The highest BCUT2D eigenvalue weighted by Crippen LogP contribution is 2.75. The van der Waals surface area contributed by atoms with Crippen molar-refractivity contribution in [1.82, 2.24) is 5.32 Å². The molecule has 0 aromatic heterocycles. The number of halogens is 3. The van der Waals surface area contributed by atoms with Gasteiger partial charge < -0.3 is 10.1 Å². The second kappa shape index (κ2) is 3.65. The van der Waals surface area contributed by atoms with Gasteiger partial charge in [0.05, 0.1) is 12.0 Å². The van der Waals surface area contributed by atoms with Gasteiger partial charge in [-0.3, -0.25) is 9.59 Å². The molecule has 0 spiro atoms. The summed E-state index contributed by atoms with van der Waals surface area (Å²) in [5.74, 6) is -0.809. The van der Waals surface area contributed by atoms with Crippen molar-refractivity contribution in [3.05, 3.63) is 0 Å². The molecule has 2 aliphatic rings. The SMILES string of the molecule is CCOC(=O)C12CC1C2NC(=O)C(Cl)(Cl)Cl. The van der Waals surface area contributed by atoms with E-state index < -0.39 is 15.1 Å². The summed E-state index contributed by atoms with van der Waals surface area (Å²) in [5.41, 5.74) is -0.526. The van der Waals surface area contributed by atoms with E-state index in [9.17, 15) is 9.59 Å². The number of ether oxygens (including phenoxy) is 1. The molecule has 90 valence electrons. The molecule has 1 amide bonds. The molecule has 0 aromatic carbocycles. The molecule has 4 nitrogen and oxygen atoms in total. The Balaban J connectivity index is 1.89. The molecule has 2 aliphatic carbocycles. The Morgan fingerprint density at radius 3 is 2.56 bits per heavy atom. The highest BCUT2D eigenvalue weighted by molar-refractivity contribution is 6.76. The van der Waals surface area contributed by atoms with Gasteiger partial charge in [0.1, 0.15) is 0 Å². The maximum Gasteiger partial charge on any atom is 0.314 e. The van der Waals surface area contributed by atoms with Crippen LogP contribution in [-0.4, -0.2) is 28.3 Å². The number of hydrogen-bond donors (Lipinski definition) is 1. The second-order valence-electron chi connectivity index (χ2n) is 4.02. The molecule has 0 heterocycles. The molecule has 1 N–H and O–H groups in total. The number of carbonyl (C=O) groups excluding carboxylic acids is 2. The number of fused-ring (bicyclic) bond motifs is 1. The number of carbonyl (C=O) groups is 2. The first-order valence-corrected chi connectivity index (χ1v) is 6.02. The maximum atomic E-state index is 11.5. The van der Waals surface area contributed by atoms with E-state index in [1.807, 2.05) is 0 Å². The first-order chi connectivity index (χ1) is 7.34. The van der Waals surface area contributed by atoms with Crippen LogP contribution in [0.2, 0.25) is 0 Å². The number of alkyl halides is 3. The zero-order valence-electron chi connectivity index (χ0n) is 8.43. The van der Waals surface area contributed by atoms with E-state index in [2.05, 4.69) is 5.32 Å². The average Bonchev–Trinajstić information content (AvgIpc) is 3.00. The molecular formula is C9H10Cl3NO3. The summed E-state index contributed by atoms with van der Waals surface area (Å²) in [4.78, 5) is 22.9. The van der Waals surface area contributed by atoms with Crippen molar-refractivity contribution in [3.63, 3.8) is 0 Å². The topological polar surface area (TPSA) is 55.4 Å². The van der Waals surface area contributed by atoms with Gasteiger partial charge in [0.25, 0.3) is 9.70 Å². The summed E-state index contributed by atoms with van der Waals surface area (Å²) in [6.07, 6.45) is 0.747. The third kappa shape index (κ3) is 1.77. The average molecular weight is 287 g/mol. The van der Waals surface area contributed by atoms with E-state index in [1.165, 1.54) is 0 Å². The predicted molar refractivity (Wildman–Crippen MR) is 59.4 cm³/mol. The second-order valence-corrected chi connectivity index (χ2v) is 6.30. The van der Waals surface area contributed by atoms with E-state index in [0.717, 1.165) is 6.42 Å². The van der Waals surface area contributed by atoms with Crippen molar-refractivity contribution in [1.29, 1.82) is 0 Å². The zero-order valence-corrected chi connectivity index (χ0v) is 10.7. The fourth-order valence-corrected chi connectivity index (χ4v) is 2.15. The van der Waals surface area contributed by atoms with E-state index in [1.54, 1.807) is 6.92 Å². The molecule has 7 heteroatoms. The van der Waals surface area contributed by atoms with Crippen LogP contribution in [0.5, 0.6) is 0 Å². The molecule has 16 heavy (non-hydrogen) atoms. The van der Waals surface area contributed by atoms with Gasteiger partial charge in [-0.05, 0) is 19.3 Å². The molecule has 0 radical (unpaired) electrons. The van der Waals surface area contributed by atoms with E-state index >= 15 is 0 Å². The number of hydrogen-bond acceptors (Lipinski definition) is 3. The van der Waals surface area contributed by atoms with Gasteiger partial charge in [-0.25, -0.2) is 0 Å². The van der Waals surface area contributed by atoms with Crippen molar-refractivity contribution >= 4 is 46.7 Å². The molecule has 2 fully saturated rings. The lowest BCUT2D eigenvalue weighted by Gasteiger charge is -2.16. The first kappa shape index (κ1) is 12.3. The van der Waals surface area contributed by atoms with Crippen LogP contribution >= 0.6 is 34.8 Å². The fourth-order valence-electron chi connectivity index (χ4n) is 1.99. The minimum absolute atomic E-state index is 0.155. The van der Waals surface area contributed by atoms with Crippen LogP contribution in [-0.2, 0) is 14.3 Å². The lowest BCUT2D eigenvalue weighted by atomic mass is 10.1. The number of nitrogens with one attached hydrogen (secondary N) is 1. The predicted octanol–water partition coefficient (Wildman–Crippen LogP) is 1.42. The third-order valence-electron chi connectivity index (χ3n) is 3.11. The highest BCUT2D eigenvalue weighted by atomic mass is 35.6. The van der Waals surface area contributed by atoms with Crippen LogP contribution in [0.15, 0.2) is 0 Å². The van der Waals surface area contributed by atoms with Crippen molar-refractivity contribution in [2.45, 2.75) is 23.2 Å². The molecule has 0 bridgehead atoms. The molecular weight excluding hydrogens is 276 g/mol. The number of esters is 1. The lowest BCUT2D eigenvalue weighted by molar-refractivity contribution is -0.147. The van der Waals surface area contributed by atoms with Gasteiger partial charge in [0.15, 0.2) is 0 Å². The maximum absolute atomic E-state index is 11.5. The highest BCUT2D eigenvalue weighted by Gasteiger charge is 2.85. The Kier molecular flexibility index (Phi) is 2.80. The van der Waals surface area contributed by atoms with Crippen LogP contribution in [0.4, 0.5) is 0 Å². The van der Waals surface area contributed by atoms with Crippen LogP contribution in [0.1, 0.15) is 13.3 Å². The molecule has 3 unspecified atom stereocenters. The van der Waals surface area contributed by atoms with Crippen LogP contribution in [0, 0.1) is 11.3 Å². The van der Waals surface area contributed by atoms with Gasteiger partial charge in [-0.15, -0.1) is 0 Å². The number of rotatable bonds is 3. The van der Waals surface area contributed by atoms with Gasteiger partial charge >= 0.3 is 5.97 Å². The Labute approximate surface area is 108 Å². The molecule has 0 aromatic rings. The molecule has 2 saturated carbocycles. The number of amides is 1. The van der Waals surface area contributed by atoms with Crippen molar-refractivity contribution in [2.75, 3.05) is 6.61 Å². The van der Waals surface area contributed by atoms with Gasteiger partial charge in [0, 0.05) is 6.04 Å². The first-order valence-electron chi connectivity index (χ1n) is 4.89. The van der Waals surface area contributed by atoms with Gasteiger partial charge in [-0.1, -0.05) is 34.8 Å². The molecule has 2 rings (SSSR count). The van der Waals surface area contributed by atoms with Crippen molar-refractivity contribution in [2.24, 2.45) is 11.3 Å². The minimum atomic E-state index is -1.98. The van der Waals surface area contributed by atoms with Crippen LogP contribution in [0.3, 0.4) is 0 Å². The summed E-state index contributed by atoms with van der Waals surface area (Å²) in [6.45, 7) is 2.07. The monoisotopic (exact) mass is 285 g/mol. The standard InChI is InChI=1S/C9H10Cl3NO3/c1-2-16-7(15)8-3-4(8)5(8)13-6(14)9(10,11)12/h4-5H,2-3H2,1H3,(H,13,14). The van der Waals surface area contributed by atoms with Crippen LogP contribution in [0.25, 0.3) is 0 Å². The third-order valence-corrected chi connectivity index (χ3v) is 3.62. The summed E-state index contributed by atoms with van der Waals surface area (Å²) >= 11 is 16.2. The van der Waals surface area contributed by atoms with Gasteiger partial charge in [-0.2, -0.15) is 0 Å². The summed E-state index contributed by atoms with van der Waals surface area (Å²) in [6, 6.07) is -0.227. The summed E-state index contributed by atoms with van der Waals surface area (Å²) in [7, 11) is 0. The quantitative estimate of drug-likeness (QED) is 0.631. The van der Waals surface area contributed by atoms with Crippen LogP contribution < -0.4 is 5.32 Å². The zero-order chi connectivity index (χ0) is 12.1. The van der Waals surface area contributed by atoms with Crippen molar-refractivity contribution < 1.29 is 14.3 Å². The van der Waals surface area contributed by atoms with Crippen molar-refractivity contribution in [3.8, 4) is 0 Å². The normalized spacial score (nSPS) is 35.0. The van der Waals surface area contributed by atoms with E-state index in [0.29, 0.717) is 6.61 Å². The minimum Gasteiger partial charge on any atom is -0.465 e.